The van der Waals surface area contributed by atoms with Crippen molar-refractivity contribution in [3.63, 3.8) is 0 Å². The van der Waals surface area contributed by atoms with Crippen molar-refractivity contribution in [1.82, 2.24) is 9.88 Å². The summed E-state index contributed by atoms with van der Waals surface area (Å²) in [4.78, 5) is 6.60. The molecule has 134 valence electrons. The molecular weight excluding hydrogens is 324 g/mol. The van der Waals surface area contributed by atoms with Gasteiger partial charge in [0.15, 0.2) is 0 Å². The Morgan fingerprint density at radius 2 is 1.88 bits per heavy atom. The van der Waals surface area contributed by atoms with Gasteiger partial charge in [-0.1, -0.05) is 0 Å². The summed E-state index contributed by atoms with van der Waals surface area (Å²) in [7, 11) is -2.74. The van der Waals surface area contributed by atoms with Crippen LogP contribution in [0.2, 0.25) is 0 Å². The van der Waals surface area contributed by atoms with Gasteiger partial charge in [-0.05, 0) is 63.6 Å². The molecule has 3 rings (SSSR count). The molecule has 0 atom stereocenters. The number of likely N-dealkylation sites (tertiary alicyclic amines) is 1. The molecule has 3 heterocycles. The summed E-state index contributed by atoms with van der Waals surface area (Å²) in [6.45, 7) is 6.07. The first-order valence-electron chi connectivity index (χ1n) is 8.98. The van der Waals surface area contributed by atoms with Crippen LogP contribution >= 0.6 is 0 Å². The highest BCUT2D eigenvalue weighted by Gasteiger charge is 2.27. The molecule has 0 N–H and O–H groups in total. The van der Waals surface area contributed by atoms with Crippen molar-refractivity contribution < 1.29 is 13.2 Å². The number of hydrogen-bond donors (Lipinski definition) is 0. The standard InChI is InChI=1S/C18H28N2O3S/c1-15-12-19-7-2-18(15)23-14-17-3-8-20(9-4-17)13-16-5-10-24(21,22)11-6-16/h2,7,12,16-17H,3-6,8-11,13-14H2,1H3. The van der Waals surface area contributed by atoms with E-state index < -0.39 is 9.84 Å². The van der Waals surface area contributed by atoms with Crippen molar-refractivity contribution in [2.45, 2.75) is 32.6 Å². The van der Waals surface area contributed by atoms with Crippen molar-refractivity contribution in [2.75, 3.05) is 37.7 Å². The fraction of sp³-hybridized carbons (Fsp3) is 0.722. The average Bonchev–Trinajstić information content (AvgIpc) is 2.57. The lowest BCUT2D eigenvalue weighted by atomic mass is 9.95. The monoisotopic (exact) mass is 352 g/mol. The van der Waals surface area contributed by atoms with Crippen LogP contribution in [0.4, 0.5) is 0 Å². The number of rotatable bonds is 5. The van der Waals surface area contributed by atoms with Gasteiger partial charge in [0.05, 0.1) is 18.1 Å². The Labute approximate surface area is 145 Å². The van der Waals surface area contributed by atoms with Crippen molar-refractivity contribution in [3.05, 3.63) is 24.0 Å². The minimum absolute atomic E-state index is 0.382. The molecule has 2 aliphatic heterocycles. The fourth-order valence-corrected chi connectivity index (χ4v) is 5.24. The zero-order valence-electron chi connectivity index (χ0n) is 14.5. The summed E-state index contributed by atoms with van der Waals surface area (Å²) in [6.07, 6.45) is 7.61. The van der Waals surface area contributed by atoms with Crippen LogP contribution in [-0.4, -0.2) is 56.0 Å². The second-order valence-corrected chi connectivity index (χ2v) is 9.59. The minimum Gasteiger partial charge on any atom is -0.493 e. The number of sulfone groups is 1. The Kier molecular flexibility index (Phi) is 5.76. The largest absolute Gasteiger partial charge is 0.493 e. The smallest absolute Gasteiger partial charge is 0.150 e. The van der Waals surface area contributed by atoms with Gasteiger partial charge in [0.1, 0.15) is 15.6 Å². The Bertz CT molecular complexity index is 625. The third-order valence-corrected chi connectivity index (χ3v) is 7.06. The zero-order chi connectivity index (χ0) is 17.0. The molecule has 2 saturated heterocycles. The van der Waals surface area contributed by atoms with E-state index in [4.69, 9.17) is 4.74 Å². The first kappa shape index (κ1) is 17.7. The van der Waals surface area contributed by atoms with Crippen LogP contribution in [-0.2, 0) is 9.84 Å². The lowest BCUT2D eigenvalue weighted by molar-refractivity contribution is 0.125. The molecule has 1 aromatic rings. The van der Waals surface area contributed by atoms with Gasteiger partial charge in [-0.3, -0.25) is 4.98 Å². The van der Waals surface area contributed by atoms with E-state index in [2.05, 4.69) is 9.88 Å². The van der Waals surface area contributed by atoms with Crippen LogP contribution in [0.1, 0.15) is 31.2 Å². The maximum absolute atomic E-state index is 11.5. The Morgan fingerprint density at radius 1 is 1.17 bits per heavy atom. The lowest BCUT2D eigenvalue weighted by Crippen LogP contribution is -2.40. The van der Waals surface area contributed by atoms with Gasteiger partial charge in [0.25, 0.3) is 0 Å². The van der Waals surface area contributed by atoms with E-state index in [1.165, 1.54) is 0 Å². The Hall–Kier alpha value is -1.14. The second kappa shape index (κ2) is 7.83. The van der Waals surface area contributed by atoms with E-state index in [9.17, 15) is 8.42 Å². The highest BCUT2D eigenvalue weighted by molar-refractivity contribution is 7.91. The summed E-state index contributed by atoms with van der Waals surface area (Å²) in [5.74, 6) is 2.87. The maximum atomic E-state index is 11.5. The SMILES string of the molecule is Cc1cnccc1OCC1CCN(CC2CCS(=O)(=O)CC2)CC1. The van der Waals surface area contributed by atoms with Crippen LogP contribution < -0.4 is 4.74 Å². The normalized spacial score (nSPS) is 23.2. The molecule has 5 nitrogen and oxygen atoms in total. The van der Waals surface area contributed by atoms with Gasteiger partial charge >= 0.3 is 0 Å². The van der Waals surface area contributed by atoms with Gasteiger partial charge < -0.3 is 9.64 Å². The highest BCUT2D eigenvalue weighted by atomic mass is 32.2. The van der Waals surface area contributed by atoms with E-state index in [1.54, 1.807) is 6.20 Å². The molecule has 2 aliphatic rings. The third-order valence-electron chi connectivity index (χ3n) is 5.34. The molecule has 0 aliphatic carbocycles. The van der Waals surface area contributed by atoms with E-state index in [-0.39, 0.29) is 0 Å². The van der Waals surface area contributed by atoms with Crippen LogP contribution in [0, 0.1) is 18.8 Å². The second-order valence-electron chi connectivity index (χ2n) is 7.29. The molecule has 0 unspecified atom stereocenters. The van der Waals surface area contributed by atoms with Crippen molar-refractivity contribution >= 4 is 9.84 Å². The summed E-state index contributed by atoms with van der Waals surface area (Å²) in [5.41, 5.74) is 1.09. The maximum Gasteiger partial charge on any atom is 0.150 e. The number of ether oxygens (including phenoxy) is 1. The molecule has 0 amide bonds. The molecule has 6 heteroatoms. The summed E-state index contributed by atoms with van der Waals surface area (Å²) < 4.78 is 29.0. The highest BCUT2D eigenvalue weighted by Crippen LogP contribution is 2.24. The molecule has 0 aromatic carbocycles. The van der Waals surface area contributed by atoms with E-state index in [1.807, 2.05) is 19.2 Å². The number of piperidine rings is 1. The van der Waals surface area contributed by atoms with Gasteiger partial charge in [-0.15, -0.1) is 0 Å². The number of hydrogen-bond acceptors (Lipinski definition) is 5. The summed E-state index contributed by atoms with van der Waals surface area (Å²) in [5, 5.41) is 0. The van der Waals surface area contributed by atoms with Gasteiger partial charge in [-0.25, -0.2) is 8.42 Å². The molecule has 24 heavy (non-hydrogen) atoms. The number of aromatic nitrogens is 1. The zero-order valence-corrected chi connectivity index (χ0v) is 15.3. The number of nitrogens with zero attached hydrogens (tertiary/aromatic N) is 2. The van der Waals surface area contributed by atoms with Crippen LogP contribution in [0.5, 0.6) is 5.75 Å². The number of pyridine rings is 1. The van der Waals surface area contributed by atoms with Gasteiger partial charge in [0.2, 0.25) is 0 Å². The third kappa shape index (κ3) is 4.93. The van der Waals surface area contributed by atoms with Crippen molar-refractivity contribution in [2.24, 2.45) is 11.8 Å². The summed E-state index contributed by atoms with van der Waals surface area (Å²) >= 11 is 0. The van der Waals surface area contributed by atoms with Crippen molar-refractivity contribution in [1.29, 1.82) is 0 Å². The van der Waals surface area contributed by atoms with Gasteiger partial charge in [-0.2, -0.15) is 0 Å². The predicted molar refractivity (Wildman–Crippen MR) is 95.0 cm³/mol. The van der Waals surface area contributed by atoms with Crippen LogP contribution in [0.25, 0.3) is 0 Å². The number of aryl methyl sites for hydroxylation is 1. The first-order chi connectivity index (χ1) is 11.5. The van der Waals surface area contributed by atoms with Gasteiger partial charge in [0, 0.05) is 24.5 Å². The molecule has 0 saturated carbocycles. The van der Waals surface area contributed by atoms with E-state index in [0.717, 1.165) is 63.2 Å². The predicted octanol–water partition coefficient (Wildman–Crippen LogP) is 2.31. The van der Waals surface area contributed by atoms with E-state index in [0.29, 0.717) is 23.3 Å². The topological polar surface area (TPSA) is 59.5 Å². The molecule has 1 aromatic heterocycles. The quantitative estimate of drug-likeness (QED) is 0.814. The fourth-order valence-electron chi connectivity index (χ4n) is 3.65. The van der Waals surface area contributed by atoms with Crippen LogP contribution in [0.3, 0.4) is 0 Å². The molecule has 0 radical (unpaired) electrons. The first-order valence-corrected chi connectivity index (χ1v) is 10.8. The summed E-state index contributed by atoms with van der Waals surface area (Å²) in [6, 6.07) is 1.93. The minimum atomic E-state index is -2.74. The average molecular weight is 353 g/mol. The molecule has 0 spiro atoms. The van der Waals surface area contributed by atoms with Crippen LogP contribution in [0.15, 0.2) is 18.5 Å². The molecule has 2 fully saturated rings. The Balaban J connectivity index is 1.38. The molecule has 0 bridgehead atoms. The van der Waals surface area contributed by atoms with Crippen molar-refractivity contribution in [3.8, 4) is 5.75 Å². The Morgan fingerprint density at radius 3 is 2.54 bits per heavy atom. The molecular formula is C18H28N2O3S. The van der Waals surface area contributed by atoms with E-state index >= 15 is 0 Å². The lowest BCUT2D eigenvalue weighted by Gasteiger charge is -2.35.